The van der Waals surface area contributed by atoms with Crippen molar-refractivity contribution in [2.75, 3.05) is 19.0 Å². The molecule has 0 spiro atoms. The van der Waals surface area contributed by atoms with Crippen molar-refractivity contribution in [1.29, 1.82) is 0 Å². The molecule has 0 bridgehead atoms. The van der Waals surface area contributed by atoms with E-state index in [0.717, 1.165) is 41.0 Å². The second-order valence-electron chi connectivity index (χ2n) is 6.84. The van der Waals surface area contributed by atoms with Gasteiger partial charge in [-0.15, -0.1) is 11.3 Å². The minimum absolute atomic E-state index is 0.0181. The Labute approximate surface area is 164 Å². The molecule has 2 heterocycles. The summed E-state index contributed by atoms with van der Waals surface area (Å²) >= 11 is 2.95. The number of thiophene rings is 1. The lowest BCUT2D eigenvalue weighted by Crippen LogP contribution is -2.26. The smallest absolute Gasteiger partial charge is 0.372 e. The molecule has 0 N–H and O–H groups in total. The molecule has 150 valence electrons. The van der Waals surface area contributed by atoms with Crippen LogP contribution in [0.3, 0.4) is 0 Å². The van der Waals surface area contributed by atoms with Gasteiger partial charge in [-0.2, -0.15) is 13.2 Å². The average Bonchev–Trinajstić information content (AvgIpc) is 3.19. The highest BCUT2D eigenvalue weighted by Gasteiger charge is 2.27. The van der Waals surface area contributed by atoms with Crippen molar-refractivity contribution in [3.05, 3.63) is 20.8 Å². The Hall–Kier alpha value is -1.06. The van der Waals surface area contributed by atoms with Crippen LogP contribution in [0.5, 0.6) is 0 Å². The minimum Gasteiger partial charge on any atom is -0.372 e. The standard InChI is InChI=1S/C18H23F3N2O2S2/c1-11-12(2)27-15-14(11)16(24)23(13-6-3-4-7-13)17(22-15)26-9-5-8-25-10-18(19,20)21/h13H,3-10H2,1-2H3. The Morgan fingerprint density at radius 3 is 2.67 bits per heavy atom. The Bertz CT molecular complexity index is 855. The monoisotopic (exact) mass is 420 g/mol. The molecule has 0 saturated heterocycles. The topological polar surface area (TPSA) is 44.1 Å². The zero-order chi connectivity index (χ0) is 19.6. The van der Waals surface area contributed by atoms with Crippen molar-refractivity contribution in [2.45, 2.75) is 63.3 Å². The van der Waals surface area contributed by atoms with Crippen molar-refractivity contribution in [1.82, 2.24) is 9.55 Å². The molecule has 2 aromatic rings. The summed E-state index contributed by atoms with van der Waals surface area (Å²) < 4.78 is 42.8. The minimum atomic E-state index is -4.29. The number of thioether (sulfide) groups is 1. The molecule has 3 rings (SSSR count). The van der Waals surface area contributed by atoms with E-state index < -0.39 is 12.8 Å². The summed E-state index contributed by atoms with van der Waals surface area (Å²) in [6.45, 7) is 2.77. The lowest BCUT2D eigenvalue weighted by atomic mass is 10.2. The second-order valence-corrected chi connectivity index (χ2v) is 9.11. The van der Waals surface area contributed by atoms with Crippen molar-refractivity contribution in [3.63, 3.8) is 0 Å². The maximum Gasteiger partial charge on any atom is 0.411 e. The van der Waals surface area contributed by atoms with Crippen LogP contribution in [0, 0.1) is 13.8 Å². The summed E-state index contributed by atoms with van der Waals surface area (Å²) in [5, 5.41) is 1.39. The molecule has 0 atom stereocenters. The van der Waals surface area contributed by atoms with Gasteiger partial charge in [-0.05, 0) is 38.7 Å². The number of rotatable bonds is 7. The van der Waals surface area contributed by atoms with Crippen LogP contribution in [0.25, 0.3) is 10.2 Å². The van der Waals surface area contributed by atoms with Crippen molar-refractivity contribution < 1.29 is 17.9 Å². The van der Waals surface area contributed by atoms with E-state index >= 15 is 0 Å². The first kappa shape index (κ1) is 20.7. The Morgan fingerprint density at radius 1 is 1.30 bits per heavy atom. The summed E-state index contributed by atoms with van der Waals surface area (Å²) in [4.78, 5) is 19.8. The molecule has 1 aliphatic carbocycles. The highest BCUT2D eigenvalue weighted by Crippen LogP contribution is 2.34. The van der Waals surface area contributed by atoms with Crippen molar-refractivity contribution in [2.24, 2.45) is 0 Å². The first-order valence-electron chi connectivity index (χ1n) is 9.07. The fraction of sp³-hybridized carbons (Fsp3) is 0.667. The Morgan fingerprint density at radius 2 is 2.00 bits per heavy atom. The highest BCUT2D eigenvalue weighted by molar-refractivity contribution is 7.99. The number of nitrogens with zero attached hydrogens (tertiary/aromatic N) is 2. The molecule has 27 heavy (non-hydrogen) atoms. The molecular weight excluding hydrogens is 397 g/mol. The number of aryl methyl sites for hydroxylation is 2. The number of ether oxygens (including phenoxy) is 1. The lowest BCUT2D eigenvalue weighted by molar-refractivity contribution is -0.173. The summed E-state index contributed by atoms with van der Waals surface area (Å²) in [6.07, 6.45) is 0.326. The van der Waals surface area contributed by atoms with Gasteiger partial charge in [-0.1, -0.05) is 24.6 Å². The predicted octanol–water partition coefficient (Wildman–Crippen LogP) is 5.25. The molecule has 1 saturated carbocycles. The maximum absolute atomic E-state index is 13.2. The van der Waals surface area contributed by atoms with Gasteiger partial charge in [-0.3, -0.25) is 9.36 Å². The van der Waals surface area contributed by atoms with E-state index in [4.69, 9.17) is 4.98 Å². The van der Waals surface area contributed by atoms with E-state index in [2.05, 4.69) is 4.74 Å². The van der Waals surface area contributed by atoms with Gasteiger partial charge in [0.1, 0.15) is 11.4 Å². The summed E-state index contributed by atoms with van der Waals surface area (Å²) in [5.74, 6) is 0.561. The molecule has 0 amide bonds. The van der Waals surface area contributed by atoms with Gasteiger partial charge in [0.25, 0.3) is 5.56 Å². The Balaban J connectivity index is 1.77. The van der Waals surface area contributed by atoms with Crippen LogP contribution in [0.1, 0.15) is 48.6 Å². The molecule has 0 aliphatic heterocycles. The maximum atomic E-state index is 13.2. The van der Waals surface area contributed by atoms with Gasteiger partial charge in [0, 0.05) is 23.3 Å². The number of hydrogen-bond acceptors (Lipinski definition) is 5. The van der Waals surface area contributed by atoms with E-state index in [1.165, 1.54) is 23.1 Å². The van der Waals surface area contributed by atoms with Gasteiger partial charge in [0.15, 0.2) is 5.16 Å². The number of fused-ring (bicyclic) bond motifs is 1. The SMILES string of the molecule is Cc1sc2nc(SCCCOCC(F)(F)F)n(C3CCCC3)c(=O)c2c1C. The van der Waals surface area contributed by atoms with E-state index in [1.807, 2.05) is 18.4 Å². The summed E-state index contributed by atoms with van der Waals surface area (Å²) in [5.41, 5.74) is 1.01. The quantitative estimate of drug-likeness (QED) is 0.349. The van der Waals surface area contributed by atoms with Gasteiger partial charge < -0.3 is 4.74 Å². The molecule has 0 radical (unpaired) electrons. The summed E-state index contributed by atoms with van der Waals surface area (Å²) in [7, 11) is 0. The third kappa shape index (κ3) is 4.86. The van der Waals surface area contributed by atoms with Crippen LogP contribution >= 0.6 is 23.1 Å². The van der Waals surface area contributed by atoms with E-state index in [9.17, 15) is 18.0 Å². The fourth-order valence-electron chi connectivity index (χ4n) is 3.39. The first-order chi connectivity index (χ1) is 12.8. The van der Waals surface area contributed by atoms with Crippen molar-refractivity contribution >= 4 is 33.3 Å². The van der Waals surface area contributed by atoms with Gasteiger partial charge in [0.2, 0.25) is 0 Å². The summed E-state index contributed by atoms with van der Waals surface area (Å²) in [6, 6.07) is 0.165. The van der Waals surface area contributed by atoms with Crippen molar-refractivity contribution in [3.8, 4) is 0 Å². The molecule has 1 aliphatic rings. The number of halogens is 3. The molecule has 2 aromatic heterocycles. The van der Waals surface area contributed by atoms with E-state index in [-0.39, 0.29) is 18.2 Å². The van der Waals surface area contributed by atoms with Gasteiger partial charge in [0.05, 0.1) is 5.39 Å². The van der Waals surface area contributed by atoms with E-state index in [0.29, 0.717) is 22.7 Å². The van der Waals surface area contributed by atoms with Crippen LogP contribution in [-0.2, 0) is 4.74 Å². The van der Waals surface area contributed by atoms with Crippen LogP contribution < -0.4 is 5.56 Å². The largest absolute Gasteiger partial charge is 0.411 e. The fourth-order valence-corrected chi connectivity index (χ4v) is 5.44. The van der Waals surface area contributed by atoms with Crippen LogP contribution in [0.2, 0.25) is 0 Å². The molecular formula is C18H23F3N2O2S2. The predicted molar refractivity (Wildman–Crippen MR) is 103 cm³/mol. The number of hydrogen-bond donors (Lipinski definition) is 0. The third-order valence-corrected chi connectivity index (χ3v) is 6.96. The molecule has 0 aromatic carbocycles. The molecule has 0 unspecified atom stereocenters. The van der Waals surface area contributed by atoms with E-state index in [1.54, 1.807) is 0 Å². The van der Waals surface area contributed by atoms with Crippen LogP contribution in [0.15, 0.2) is 9.95 Å². The molecule has 9 heteroatoms. The highest BCUT2D eigenvalue weighted by atomic mass is 32.2. The zero-order valence-electron chi connectivity index (χ0n) is 15.4. The zero-order valence-corrected chi connectivity index (χ0v) is 17.0. The second kappa shape index (κ2) is 8.53. The Kier molecular flexibility index (Phi) is 6.53. The third-order valence-electron chi connectivity index (χ3n) is 4.82. The van der Waals surface area contributed by atoms with Gasteiger partial charge >= 0.3 is 6.18 Å². The lowest BCUT2D eigenvalue weighted by Gasteiger charge is -2.18. The molecule has 4 nitrogen and oxygen atoms in total. The number of alkyl halides is 3. The normalized spacial score (nSPS) is 15.9. The average molecular weight is 421 g/mol. The first-order valence-corrected chi connectivity index (χ1v) is 10.9. The number of aromatic nitrogens is 2. The van der Waals surface area contributed by atoms with Crippen LogP contribution in [0.4, 0.5) is 13.2 Å². The van der Waals surface area contributed by atoms with Crippen LogP contribution in [-0.4, -0.2) is 34.7 Å². The van der Waals surface area contributed by atoms with Gasteiger partial charge in [-0.25, -0.2) is 4.98 Å². The molecule has 1 fully saturated rings.